The smallest absolute Gasteiger partial charge is 0.130 e. The maximum Gasteiger partial charge on any atom is 0.130 e. The Morgan fingerprint density at radius 2 is 1.84 bits per heavy atom. The Labute approximate surface area is 117 Å². The van der Waals surface area contributed by atoms with E-state index in [1.807, 2.05) is 6.07 Å². The van der Waals surface area contributed by atoms with Crippen molar-refractivity contribution in [2.75, 3.05) is 17.3 Å². The molecule has 3 heteroatoms. The third-order valence-electron chi connectivity index (χ3n) is 3.72. The summed E-state index contributed by atoms with van der Waals surface area (Å²) < 4.78 is 0. The average molecular weight is 261 g/mol. The van der Waals surface area contributed by atoms with Crippen molar-refractivity contribution in [1.82, 2.24) is 4.98 Å². The molecule has 0 saturated heterocycles. The molecule has 0 aromatic carbocycles. The van der Waals surface area contributed by atoms with E-state index in [1.165, 1.54) is 32.1 Å². The fourth-order valence-electron chi connectivity index (χ4n) is 2.73. The molecule has 1 heterocycles. The van der Waals surface area contributed by atoms with Gasteiger partial charge in [0.15, 0.2) is 0 Å². The minimum absolute atomic E-state index is 0.0506. The standard InChI is InChI=1S/C16H27N3/c1-16(2,3)18-14-11-8-12-15(17-14)19(4)13-9-6-5-7-10-13/h8,11-13H,5-7,9-10H2,1-4H3,(H,17,18). The van der Waals surface area contributed by atoms with E-state index in [-0.39, 0.29) is 5.54 Å². The number of nitrogens with one attached hydrogen (secondary N) is 1. The Bertz CT molecular complexity index is 403. The summed E-state index contributed by atoms with van der Waals surface area (Å²) in [5.74, 6) is 2.05. The van der Waals surface area contributed by atoms with E-state index in [1.54, 1.807) is 0 Å². The van der Waals surface area contributed by atoms with Crippen LogP contribution in [0.4, 0.5) is 11.6 Å². The summed E-state index contributed by atoms with van der Waals surface area (Å²) in [6.45, 7) is 6.48. The summed E-state index contributed by atoms with van der Waals surface area (Å²) in [6.07, 6.45) is 6.71. The molecule has 0 spiro atoms. The van der Waals surface area contributed by atoms with Gasteiger partial charge in [0.05, 0.1) is 0 Å². The third kappa shape index (κ3) is 4.12. The van der Waals surface area contributed by atoms with Gasteiger partial charge in [0.2, 0.25) is 0 Å². The lowest BCUT2D eigenvalue weighted by atomic mass is 9.94. The van der Waals surface area contributed by atoms with Crippen molar-refractivity contribution >= 4 is 11.6 Å². The van der Waals surface area contributed by atoms with E-state index in [2.05, 4.69) is 50.2 Å². The van der Waals surface area contributed by atoms with Crippen molar-refractivity contribution in [2.24, 2.45) is 0 Å². The van der Waals surface area contributed by atoms with E-state index < -0.39 is 0 Å². The lowest BCUT2D eigenvalue weighted by Gasteiger charge is -2.32. The number of hydrogen-bond donors (Lipinski definition) is 1. The van der Waals surface area contributed by atoms with E-state index in [0.29, 0.717) is 6.04 Å². The first kappa shape index (κ1) is 14.2. The fourth-order valence-corrected chi connectivity index (χ4v) is 2.73. The molecule has 1 fully saturated rings. The number of nitrogens with zero attached hydrogens (tertiary/aromatic N) is 2. The first-order valence-corrected chi connectivity index (χ1v) is 7.44. The zero-order valence-electron chi connectivity index (χ0n) is 12.7. The predicted octanol–water partition coefficient (Wildman–Crippen LogP) is 4.06. The Balaban J connectivity index is 2.09. The zero-order chi connectivity index (χ0) is 13.9. The molecule has 106 valence electrons. The van der Waals surface area contributed by atoms with E-state index in [9.17, 15) is 0 Å². The molecule has 3 nitrogen and oxygen atoms in total. The molecule has 1 aliphatic rings. The van der Waals surface area contributed by atoms with Gasteiger partial charge in [-0.15, -0.1) is 0 Å². The Kier molecular flexibility index (Phi) is 4.33. The summed E-state index contributed by atoms with van der Waals surface area (Å²) >= 11 is 0. The van der Waals surface area contributed by atoms with Crippen LogP contribution in [0.2, 0.25) is 0 Å². The van der Waals surface area contributed by atoms with Crippen LogP contribution in [0.1, 0.15) is 52.9 Å². The topological polar surface area (TPSA) is 28.2 Å². The minimum atomic E-state index is 0.0506. The molecule has 1 saturated carbocycles. The first-order valence-electron chi connectivity index (χ1n) is 7.44. The van der Waals surface area contributed by atoms with Crippen LogP contribution in [0.15, 0.2) is 18.2 Å². The largest absolute Gasteiger partial charge is 0.365 e. The highest BCUT2D eigenvalue weighted by molar-refractivity contribution is 5.48. The van der Waals surface area contributed by atoms with Crippen molar-refractivity contribution < 1.29 is 0 Å². The highest BCUT2D eigenvalue weighted by atomic mass is 15.2. The SMILES string of the molecule is CN(c1cccc(NC(C)(C)C)n1)C1CCCCC1. The Morgan fingerprint density at radius 1 is 1.16 bits per heavy atom. The Morgan fingerprint density at radius 3 is 2.47 bits per heavy atom. The highest BCUT2D eigenvalue weighted by Crippen LogP contribution is 2.26. The van der Waals surface area contributed by atoms with Crippen molar-refractivity contribution in [3.8, 4) is 0 Å². The van der Waals surface area contributed by atoms with Crippen LogP contribution in [0.25, 0.3) is 0 Å². The van der Waals surface area contributed by atoms with Gasteiger partial charge in [0.1, 0.15) is 11.6 Å². The van der Waals surface area contributed by atoms with Crippen LogP contribution < -0.4 is 10.2 Å². The molecule has 1 aliphatic carbocycles. The number of hydrogen-bond acceptors (Lipinski definition) is 3. The average Bonchev–Trinajstić information content (AvgIpc) is 2.37. The number of anilines is 2. The normalized spacial score (nSPS) is 17.3. The second-order valence-electron chi connectivity index (χ2n) is 6.66. The van der Waals surface area contributed by atoms with Gasteiger partial charge in [-0.1, -0.05) is 25.3 Å². The second kappa shape index (κ2) is 5.81. The van der Waals surface area contributed by atoms with Crippen molar-refractivity contribution in [1.29, 1.82) is 0 Å². The van der Waals surface area contributed by atoms with Crippen LogP contribution in [-0.2, 0) is 0 Å². The predicted molar refractivity (Wildman–Crippen MR) is 82.9 cm³/mol. The number of rotatable bonds is 3. The van der Waals surface area contributed by atoms with Crippen LogP contribution >= 0.6 is 0 Å². The quantitative estimate of drug-likeness (QED) is 0.889. The number of aromatic nitrogens is 1. The maximum atomic E-state index is 4.75. The highest BCUT2D eigenvalue weighted by Gasteiger charge is 2.19. The second-order valence-corrected chi connectivity index (χ2v) is 6.66. The molecule has 19 heavy (non-hydrogen) atoms. The molecular formula is C16H27N3. The summed E-state index contributed by atoms with van der Waals surface area (Å²) in [7, 11) is 2.18. The van der Waals surface area contributed by atoms with Crippen molar-refractivity contribution in [3.63, 3.8) is 0 Å². The minimum Gasteiger partial charge on any atom is -0.365 e. The molecule has 0 aliphatic heterocycles. The molecule has 1 N–H and O–H groups in total. The van der Waals surface area contributed by atoms with Crippen molar-refractivity contribution in [2.45, 2.75) is 64.5 Å². The lowest BCUT2D eigenvalue weighted by molar-refractivity contribution is 0.426. The van der Waals surface area contributed by atoms with Gasteiger partial charge < -0.3 is 10.2 Å². The fraction of sp³-hybridized carbons (Fsp3) is 0.688. The van der Waals surface area contributed by atoms with E-state index >= 15 is 0 Å². The first-order chi connectivity index (χ1) is 8.96. The van der Waals surface area contributed by atoms with Gasteiger partial charge in [0, 0.05) is 18.6 Å². The molecule has 0 atom stereocenters. The van der Waals surface area contributed by atoms with Gasteiger partial charge in [-0.3, -0.25) is 0 Å². The van der Waals surface area contributed by atoms with Crippen LogP contribution in [0.3, 0.4) is 0 Å². The monoisotopic (exact) mass is 261 g/mol. The molecule has 0 amide bonds. The molecule has 1 aromatic heterocycles. The van der Waals surface area contributed by atoms with Gasteiger partial charge >= 0.3 is 0 Å². The molecular weight excluding hydrogens is 234 g/mol. The Hall–Kier alpha value is -1.25. The van der Waals surface area contributed by atoms with Crippen LogP contribution in [0.5, 0.6) is 0 Å². The molecule has 0 bridgehead atoms. The van der Waals surface area contributed by atoms with Gasteiger partial charge in [0.25, 0.3) is 0 Å². The molecule has 0 unspecified atom stereocenters. The van der Waals surface area contributed by atoms with Crippen LogP contribution in [0, 0.1) is 0 Å². The van der Waals surface area contributed by atoms with Gasteiger partial charge in [-0.25, -0.2) is 4.98 Å². The van der Waals surface area contributed by atoms with Gasteiger partial charge in [-0.2, -0.15) is 0 Å². The summed E-state index contributed by atoms with van der Waals surface area (Å²) in [4.78, 5) is 7.10. The lowest BCUT2D eigenvalue weighted by Crippen LogP contribution is -2.34. The number of pyridine rings is 1. The van der Waals surface area contributed by atoms with Crippen molar-refractivity contribution in [3.05, 3.63) is 18.2 Å². The van der Waals surface area contributed by atoms with Gasteiger partial charge in [-0.05, 0) is 45.7 Å². The maximum absolute atomic E-state index is 4.75. The van der Waals surface area contributed by atoms with Crippen LogP contribution in [-0.4, -0.2) is 23.6 Å². The summed E-state index contributed by atoms with van der Waals surface area (Å²) in [6, 6.07) is 6.91. The zero-order valence-corrected chi connectivity index (χ0v) is 12.7. The summed E-state index contributed by atoms with van der Waals surface area (Å²) in [5, 5.41) is 3.44. The van der Waals surface area contributed by atoms with E-state index in [0.717, 1.165) is 11.6 Å². The molecule has 0 radical (unpaired) electrons. The third-order valence-corrected chi connectivity index (χ3v) is 3.72. The van der Waals surface area contributed by atoms with E-state index in [4.69, 9.17) is 4.98 Å². The summed E-state index contributed by atoms with van der Waals surface area (Å²) in [5.41, 5.74) is 0.0506. The molecule has 2 rings (SSSR count). The molecule has 1 aromatic rings.